The van der Waals surface area contributed by atoms with Crippen LogP contribution in [0.5, 0.6) is 0 Å². The maximum absolute atomic E-state index is 12.6. The average molecular weight is 404 g/mol. The summed E-state index contributed by atoms with van der Waals surface area (Å²) in [5.41, 5.74) is 3.37. The van der Waals surface area contributed by atoms with Gasteiger partial charge in [-0.1, -0.05) is 57.5 Å². The van der Waals surface area contributed by atoms with Crippen molar-refractivity contribution in [3.05, 3.63) is 58.7 Å². The van der Waals surface area contributed by atoms with E-state index in [1.807, 2.05) is 31.2 Å². The zero-order valence-corrected chi connectivity index (χ0v) is 18.9. The summed E-state index contributed by atoms with van der Waals surface area (Å²) in [7, 11) is -1.25. The van der Waals surface area contributed by atoms with Crippen molar-refractivity contribution in [3.8, 4) is 0 Å². The molecule has 1 heterocycles. The zero-order chi connectivity index (χ0) is 20.9. The number of aryl methyl sites for hydroxylation is 2. The first-order valence-corrected chi connectivity index (χ1v) is 11.8. The lowest BCUT2D eigenvalue weighted by molar-refractivity contribution is 0.0945. The van der Waals surface area contributed by atoms with Gasteiger partial charge in [-0.3, -0.25) is 4.79 Å². The summed E-state index contributed by atoms with van der Waals surface area (Å²) < 4.78 is 6.40. The van der Waals surface area contributed by atoms with Gasteiger partial charge in [-0.05, 0) is 37.5 Å². The molecule has 0 saturated heterocycles. The molecule has 6 heteroatoms. The van der Waals surface area contributed by atoms with Gasteiger partial charge in [0, 0.05) is 11.3 Å². The molecule has 0 radical (unpaired) electrons. The summed E-state index contributed by atoms with van der Waals surface area (Å²) in [6.45, 7) is 13.5. The summed E-state index contributed by atoms with van der Waals surface area (Å²) in [6, 6.07) is 9.83. The van der Waals surface area contributed by atoms with E-state index in [0.717, 1.165) is 17.0 Å². The topological polar surface area (TPSA) is 64.1 Å². The Morgan fingerprint density at radius 2 is 1.79 bits per heavy atom. The third-order valence-corrected chi connectivity index (χ3v) is 9.34. The van der Waals surface area contributed by atoms with E-state index >= 15 is 0 Å². The Morgan fingerprint density at radius 3 is 2.36 bits per heavy atom. The van der Waals surface area contributed by atoms with Crippen molar-refractivity contribution in [1.82, 2.24) is 15.3 Å². The van der Waals surface area contributed by atoms with Gasteiger partial charge in [0.05, 0.1) is 5.69 Å². The van der Waals surface area contributed by atoms with Crippen LogP contribution in [0.3, 0.4) is 0 Å². The number of hydrogen-bond acceptors (Lipinski definition) is 4. The van der Waals surface area contributed by atoms with Gasteiger partial charge < -0.3 is 9.50 Å². The summed E-state index contributed by atoms with van der Waals surface area (Å²) in [6.07, 6.45) is 2.20. The highest BCUT2D eigenvalue weighted by atomic mass is 32.3. The molecule has 1 atom stereocenters. The van der Waals surface area contributed by atoms with Gasteiger partial charge in [-0.15, -0.1) is 10.3 Å². The average Bonchev–Trinajstić information content (AvgIpc) is 2.64. The Labute approximate surface area is 170 Å². The first kappa shape index (κ1) is 22.4. The standard InChI is InChI=1S/C22H33N3O2S/c1-8-28(7,22(4,5)6)27-15-19-13-20(25-17(3)24-19)21(26)23-14-18-11-9-16(2)10-12-18/h9-13H,8,14-15H2,1-7H3,(H,23,26). The number of carbonyl (C=O) groups is 1. The van der Waals surface area contributed by atoms with Crippen molar-refractivity contribution in [2.75, 3.05) is 12.0 Å². The van der Waals surface area contributed by atoms with Crippen molar-refractivity contribution in [2.24, 2.45) is 0 Å². The summed E-state index contributed by atoms with van der Waals surface area (Å²) in [5.74, 6) is 1.35. The van der Waals surface area contributed by atoms with Crippen LogP contribution in [0.2, 0.25) is 0 Å². The highest BCUT2D eigenvalue weighted by Crippen LogP contribution is 2.57. The Hall–Kier alpha value is -1.92. The summed E-state index contributed by atoms with van der Waals surface area (Å²) >= 11 is 0. The van der Waals surface area contributed by atoms with E-state index in [2.05, 4.69) is 49.2 Å². The Morgan fingerprint density at radius 1 is 1.14 bits per heavy atom. The van der Waals surface area contributed by atoms with E-state index in [1.54, 1.807) is 13.0 Å². The predicted octanol–water partition coefficient (Wildman–Crippen LogP) is 4.71. The van der Waals surface area contributed by atoms with Crippen molar-refractivity contribution >= 4 is 16.2 Å². The van der Waals surface area contributed by atoms with Crippen LogP contribution in [0, 0.1) is 13.8 Å². The second kappa shape index (κ2) is 9.05. The molecule has 1 aromatic carbocycles. The van der Waals surface area contributed by atoms with E-state index in [4.69, 9.17) is 4.18 Å². The molecule has 2 rings (SSSR count). The zero-order valence-electron chi connectivity index (χ0n) is 18.1. The second-order valence-electron chi connectivity index (χ2n) is 8.13. The van der Waals surface area contributed by atoms with Crippen molar-refractivity contribution < 1.29 is 8.98 Å². The molecule has 28 heavy (non-hydrogen) atoms. The molecule has 0 aliphatic heterocycles. The largest absolute Gasteiger partial charge is 0.347 e. The minimum absolute atomic E-state index is 0.0814. The first-order valence-electron chi connectivity index (χ1n) is 9.62. The van der Waals surface area contributed by atoms with Gasteiger partial charge in [0.1, 0.15) is 18.1 Å². The predicted molar refractivity (Wildman–Crippen MR) is 118 cm³/mol. The molecule has 1 aromatic heterocycles. The molecule has 0 bridgehead atoms. The smallest absolute Gasteiger partial charge is 0.270 e. The van der Waals surface area contributed by atoms with E-state index in [-0.39, 0.29) is 10.7 Å². The lowest BCUT2D eigenvalue weighted by atomic mass is 10.1. The van der Waals surface area contributed by atoms with Crippen LogP contribution < -0.4 is 5.32 Å². The van der Waals surface area contributed by atoms with Gasteiger partial charge in [0.2, 0.25) is 0 Å². The molecule has 0 saturated carbocycles. The quantitative estimate of drug-likeness (QED) is 0.727. The molecular weight excluding hydrogens is 370 g/mol. The van der Waals surface area contributed by atoms with Gasteiger partial charge in [-0.25, -0.2) is 9.97 Å². The number of nitrogens with one attached hydrogen (secondary N) is 1. The van der Waals surface area contributed by atoms with Gasteiger partial charge in [-0.2, -0.15) is 0 Å². The fourth-order valence-electron chi connectivity index (χ4n) is 2.68. The highest BCUT2D eigenvalue weighted by molar-refractivity contribution is 8.30. The van der Waals surface area contributed by atoms with Crippen molar-refractivity contribution in [3.63, 3.8) is 0 Å². The molecule has 1 N–H and O–H groups in total. The number of hydrogen-bond donors (Lipinski definition) is 1. The molecule has 1 amide bonds. The first-order chi connectivity index (χ1) is 13.0. The van der Waals surface area contributed by atoms with E-state index in [0.29, 0.717) is 24.7 Å². The van der Waals surface area contributed by atoms with Gasteiger partial charge in [0.15, 0.2) is 0 Å². The third-order valence-electron chi connectivity index (χ3n) is 5.01. The number of carbonyl (C=O) groups excluding carboxylic acids is 1. The minimum Gasteiger partial charge on any atom is -0.347 e. The number of rotatable bonds is 7. The SMILES string of the molecule is CCS(C)(OCc1cc(C(=O)NCc2ccc(C)cc2)nc(C)n1)C(C)(C)C. The van der Waals surface area contributed by atoms with E-state index < -0.39 is 10.3 Å². The molecule has 5 nitrogen and oxygen atoms in total. The van der Waals surface area contributed by atoms with Crippen molar-refractivity contribution in [2.45, 2.75) is 59.4 Å². The lowest BCUT2D eigenvalue weighted by Crippen LogP contribution is -2.28. The number of aromatic nitrogens is 2. The highest BCUT2D eigenvalue weighted by Gasteiger charge is 2.32. The van der Waals surface area contributed by atoms with E-state index in [1.165, 1.54) is 5.56 Å². The molecule has 154 valence electrons. The van der Waals surface area contributed by atoms with Gasteiger partial charge >= 0.3 is 0 Å². The number of amides is 1. The molecular formula is C22H33N3O2S. The lowest BCUT2D eigenvalue weighted by Gasteiger charge is -2.46. The fourth-order valence-corrected chi connectivity index (χ4v) is 4.45. The van der Waals surface area contributed by atoms with Crippen LogP contribution in [-0.4, -0.2) is 32.6 Å². The molecule has 0 spiro atoms. The van der Waals surface area contributed by atoms with Crippen LogP contribution in [0.15, 0.2) is 30.3 Å². The molecule has 0 aliphatic carbocycles. The molecule has 0 aliphatic rings. The normalized spacial score (nSPS) is 15.0. The summed E-state index contributed by atoms with van der Waals surface area (Å²) in [5, 5.41) is 2.93. The van der Waals surface area contributed by atoms with Crippen LogP contribution in [0.4, 0.5) is 0 Å². The third kappa shape index (κ3) is 5.79. The van der Waals surface area contributed by atoms with Crippen LogP contribution in [0.1, 0.15) is 60.8 Å². The summed E-state index contributed by atoms with van der Waals surface area (Å²) in [4.78, 5) is 21.3. The van der Waals surface area contributed by atoms with Crippen molar-refractivity contribution in [1.29, 1.82) is 0 Å². The molecule has 0 fully saturated rings. The van der Waals surface area contributed by atoms with Crippen LogP contribution in [-0.2, 0) is 17.3 Å². The second-order valence-corrected chi connectivity index (χ2v) is 12.2. The maximum Gasteiger partial charge on any atom is 0.270 e. The minimum atomic E-state index is -1.25. The maximum atomic E-state index is 12.6. The van der Waals surface area contributed by atoms with Crippen LogP contribution >= 0.6 is 10.3 Å². The van der Waals surface area contributed by atoms with E-state index in [9.17, 15) is 4.79 Å². The number of benzene rings is 1. The fraction of sp³-hybridized carbons (Fsp3) is 0.500. The molecule has 2 aromatic rings. The van der Waals surface area contributed by atoms with Gasteiger partial charge in [0.25, 0.3) is 5.91 Å². The Bertz CT molecular complexity index is 816. The molecule has 1 unspecified atom stereocenters. The Kier molecular flexibility index (Phi) is 7.23. The van der Waals surface area contributed by atoms with Crippen LogP contribution in [0.25, 0.3) is 0 Å². The Balaban J connectivity index is 2.07. The monoisotopic (exact) mass is 403 g/mol. The number of nitrogens with zero attached hydrogens (tertiary/aromatic N) is 2.